The minimum absolute atomic E-state index is 0.0743. The van der Waals surface area contributed by atoms with E-state index in [2.05, 4.69) is 15.9 Å². The van der Waals surface area contributed by atoms with E-state index in [-0.39, 0.29) is 21.6 Å². The van der Waals surface area contributed by atoms with E-state index in [1.807, 2.05) is 0 Å². The van der Waals surface area contributed by atoms with Crippen LogP contribution < -0.4 is 0 Å². The number of benzene rings is 2. The molecule has 2 atom stereocenters. The molecule has 0 radical (unpaired) electrons. The molecule has 0 saturated carbocycles. The van der Waals surface area contributed by atoms with Gasteiger partial charge in [0, 0.05) is 28.4 Å². The Bertz CT molecular complexity index is 1250. The van der Waals surface area contributed by atoms with E-state index in [1.165, 1.54) is 13.0 Å². The summed E-state index contributed by atoms with van der Waals surface area (Å²) in [5, 5.41) is -0.118. The number of hydrogen-bond donors (Lipinski definition) is 0. The number of carbonyl (C=O) groups is 2. The normalized spacial score (nSPS) is 14.7. The summed E-state index contributed by atoms with van der Waals surface area (Å²) in [6.07, 6.45) is -18.2. The van der Waals surface area contributed by atoms with Gasteiger partial charge in [0.25, 0.3) is 0 Å². The van der Waals surface area contributed by atoms with Gasteiger partial charge in [-0.05, 0) is 51.7 Å². The summed E-state index contributed by atoms with van der Waals surface area (Å²) in [5.41, 5.74) is -4.01. The zero-order chi connectivity index (χ0) is 29.9. The van der Waals surface area contributed by atoms with Gasteiger partial charge in [-0.3, -0.25) is 9.59 Å². The van der Waals surface area contributed by atoms with E-state index in [4.69, 9.17) is 11.6 Å². The van der Waals surface area contributed by atoms with E-state index < -0.39 is 89.3 Å². The third-order valence-electron chi connectivity index (χ3n) is 5.38. The van der Waals surface area contributed by atoms with Crippen molar-refractivity contribution in [1.29, 1.82) is 0 Å². The van der Waals surface area contributed by atoms with Crippen molar-refractivity contribution in [2.45, 2.75) is 50.6 Å². The van der Waals surface area contributed by atoms with Crippen LogP contribution in [-0.2, 0) is 11.0 Å². The third kappa shape index (κ3) is 9.63. The highest BCUT2D eigenvalue weighted by atomic mass is 79.9. The fraction of sp³-hybridized carbons (Fsp3) is 0.360. The number of ketones is 2. The molecule has 0 amide bonds. The molecule has 0 saturated heterocycles. The lowest BCUT2D eigenvalue weighted by Crippen LogP contribution is -2.20. The molecule has 0 bridgehead atoms. The van der Waals surface area contributed by atoms with Crippen LogP contribution in [0.3, 0.4) is 0 Å². The van der Waals surface area contributed by atoms with E-state index >= 15 is 0 Å². The van der Waals surface area contributed by atoms with Gasteiger partial charge in [-0.25, -0.2) is 4.39 Å². The number of carbonyl (C=O) groups excluding carboxylic acids is 2. The predicted molar refractivity (Wildman–Crippen MR) is 127 cm³/mol. The van der Waals surface area contributed by atoms with Gasteiger partial charge in [0.15, 0.2) is 5.78 Å². The van der Waals surface area contributed by atoms with Crippen molar-refractivity contribution in [3.63, 3.8) is 0 Å². The lowest BCUT2D eigenvalue weighted by atomic mass is 9.91. The molecule has 214 valence electrons. The zero-order valence-electron chi connectivity index (χ0n) is 19.7. The van der Waals surface area contributed by atoms with Gasteiger partial charge < -0.3 is 0 Å². The molecule has 0 spiro atoms. The summed E-state index contributed by atoms with van der Waals surface area (Å²) in [4.78, 5) is 24.0. The van der Waals surface area contributed by atoms with Crippen LogP contribution in [-0.4, -0.2) is 23.9 Å². The standard InChI is InChI=1S/C25H18BrClF10O2/c1-12(6-15(38)11-23(29,30)31)7-22(39)16-4-2-14(8-18(16)25(35,36)37)21(28)10-17(24(32,33)34)13-3-5-19(26)20(27)9-13/h2-5,8-10,12,17H,6-7,11H2,1H3/b21-10-/t12-,17?/m1/s1. The van der Waals surface area contributed by atoms with Crippen LogP contribution in [0.5, 0.6) is 0 Å². The second kappa shape index (κ2) is 12.4. The first-order valence-corrected chi connectivity index (χ1v) is 12.1. The van der Waals surface area contributed by atoms with Gasteiger partial charge in [-0.1, -0.05) is 36.7 Å². The van der Waals surface area contributed by atoms with Crippen LogP contribution in [0.2, 0.25) is 5.02 Å². The van der Waals surface area contributed by atoms with Crippen molar-refractivity contribution in [3.05, 3.63) is 74.2 Å². The SMILES string of the molecule is C[C@H](CC(=O)CC(F)(F)F)CC(=O)c1ccc(/C(F)=C/C(c2ccc(Br)c(Cl)c2)C(F)(F)F)cc1C(F)(F)F. The Balaban J connectivity index is 2.40. The number of rotatable bonds is 9. The van der Waals surface area contributed by atoms with Gasteiger partial charge in [-0.15, -0.1) is 0 Å². The molecule has 14 heteroatoms. The first-order chi connectivity index (χ1) is 17.7. The number of halogens is 12. The van der Waals surface area contributed by atoms with Crippen molar-refractivity contribution in [2.75, 3.05) is 0 Å². The molecule has 0 fully saturated rings. The Kier molecular flexibility index (Phi) is 10.4. The highest BCUT2D eigenvalue weighted by Gasteiger charge is 2.41. The minimum Gasteiger partial charge on any atom is -0.299 e. The second-order valence-electron chi connectivity index (χ2n) is 8.73. The van der Waals surface area contributed by atoms with Crippen LogP contribution >= 0.6 is 27.5 Å². The fourth-order valence-electron chi connectivity index (χ4n) is 3.68. The van der Waals surface area contributed by atoms with Gasteiger partial charge in [0.05, 0.1) is 10.6 Å². The van der Waals surface area contributed by atoms with Crippen molar-refractivity contribution in [2.24, 2.45) is 5.92 Å². The summed E-state index contributed by atoms with van der Waals surface area (Å²) in [6, 6.07) is 4.51. The van der Waals surface area contributed by atoms with Crippen LogP contribution in [0.25, 0.3) is 5.83 Å². The number of hydrogen-bond acceptors (Lipinski definition) is 2. The molecule has 0 aliphatic carbocycles. The van der Waals surface area contributed by atoms with E-state index in [1.54, 1.807) is 0 Å². The summed E-state index contributed by atoms with van der Waals surface area (Å²) >= 11 is 8.82. The molecule has 2 aromatic rings. The predicted octanol–water partition coefficient (Wildman–Crippen LogP) is 9.90. The zero-order valence-corrected chi connectivity index (χ0v) is 22.0. The second-order valence-corrected chi connectivity index (χ2v) is 9.99. The fourth-order valence-corrected chi connectivity index (χ4v) is 4.12. The molecule has 0 aliphatic rings. The molecular weight excluding hydrogens is 638 g/mol. The Labute approximate surface area is 229 Å². The summed E-state index contributed by atoms with van der Waals surface area (Å²) in [6.45, 7) is 1.20. The maximum Gasteiger partial charge on any atom is 0.417 e. The van der Waals surface area contributed by atoms with Crippen LogP contribution in [0.15, 0.2) is 46.9 Å². The van der Waals surface area contributed by atoms with E-state index in [9.17, 15) is 53.5 Å². The Morgan fingerprint density at radius 1 is 0.949 bits per heavy atom. The Morgan fingerprint density at radius 3 is 2.08 bits per heavy atom. The Morgan fingerprint density at radius 2 is 1.56 bits per heavy atom. The van der Waals surface area contributed by atoms with Gasteiger partial charge in [0.2, 0.25) is 0 Å². The number of allylic oxidation sites excluding steroid dienone is 1. The maximum atomic E-state index is 14.9. The van der Waals surface area contributed by atoms with Gasteiger partial charge >= 0.3 is 18.5 Å². The van der Waals surface area contributed by atoms with Crippen LogP contribution in [0, 0.1) is 5.92 Å². The maximum absolute atomic E-state index is 14.9. The van der Waals surface area contributed by atoms with Gasteiger partial charge in [-0.2, -0.15) is 39.5 Å². The topological polar surface area (TPSA) is 34.1 Å². The molecular formula is C25H18BrClF10O2. The lowest BCUT2D eigenvalue weighted by molar-refractivity contribution is -0.152. The first-order valence-electron chi connectivity index (χ1n) is 10.9. The molecule has 1 unspecified atom stereocenters. The van der Waals surface area contributed by atoms with Crippen molar-refractivity contribution in [1.82, 2.24) is 0 Å². The molecule has 0 N–H and O–H groups in total. The summed E-state index contributed by atoms with van der Waals surface area (Å²) in [7, 11) is 0. The molecule has 0 heterocycles. The van der Waals surface area contributed by atoms with Crippen molar-refractivity contribution in [3.8, 4) is 0 Å². The highest BCUT2D eigenvalue weighted by molar-refractivity contribution is 9.10. The van der Waals surface area contributed by atoms with E-state index in [0.717, 1.165) is 12.1 Å². The van der Waals surface area contributed by atoms with Crippen LogP contribution in [0.1, 0.15) is 59.2 Å². The average molecular weight is 656 g/mol. The monoisotopic (exact) mass is 654 g/mol. The first kappa shape index (κ1) is 32.8. The average Bonchev–Trinajstić information content (AvgIpc) is 2.76. The highest BCUT2D eigenvalue weighted by Crippen LogP contribution is 2.41. The minimum atomic E-state index is -5.24. The largest absolute Gasteiger partial charge is 0.417 e. The smallest absolute Gasteiger partial charge is 0.299 e. The quantitative estimate of drug-likeness (QED) is 0.199. The summed E-state index contributed by atoms with van der Waals surface area (Å²) < 4.78 is 134. The molecule has 2 aromatic carbocycles. The van der Waals surface area contributed by atoms with Gasteiger partial charge in [0.1, 0.15) is 23.9 Å². The molecule has 2 rings (SSSR count). The molecule has 0 aliphatic heterocycles. The molecule has 39 heavy (non-hydrogen) atoms. The third-order valence-corrected chi connectivity index (χ3v) is 6.61. The molecule has 2 nitrogen and oxygen atoms in total. The van der Waals surface area contributed by atoms with Crippen LogP contribution in [0.4, 0.5) is 43.9 Å². The number of alkyl halides is 9. The summed E-state index contributed by atoms with van der Waals surface area (Å²) in [5.74, 6) is -7.73. The van der Waals surface area contributed by atoms with E-state index in [0.29, 0.717) is 12.1 Å². The van der Waals surface area contributed by atoms with Crippen molar-refractivity contribution >= 4 is 44.9 Å². The Hall–Kier alpha value is -2.41. The number of Topliss-reactive ketones (excluding diaryl/α,β-unsaturated/α-hetero) is 2. The lowest BCUT2D eigenvalue weighted by Gasteiger charge is -2.19. The molecule has 0 aromatic heterocycles. The van der Waals surface area contributed by atoms with Crippen molar-refractivity contribution < 1.29 is 53.5 Å².